The summed E-state index contributed by atoms with van der Waals surface area (Å²) in [6, 6.07) is -1.39. The highest BCUT2D eigenvalue weighted by molar-refractivity contribution is 5.73. The molecule has 1 unspecified atom stereocenters. The van der Waals surface area contributed by atoms with Crippen molar-refractivity contribution in [3.8, 4) is 0 Å². The van der Waals surface area contributed by atoms with Crippen LogP contribution in [0.25, 0.3) is 0 Å². The van der Waals surface area contributed by atoms with Gasteiger partial charge in [-0.15, -0.1) is 0 Å². The van der Waals surface area contributed by atoms with Crippen molar-refractivity contribution in [2.24, 2.45) is 0 Å². The minimum Gasteiger partial charge on any atom is -0.394 e. The molecule has 3 saturated heterocycles. The van der Waals surface area contributed by atoms with Crippen LogP contribution in [-0.2, 0) is 33.2 Å². The van der Waals surface area contributed by atoms with Crippen LogP contribution in [0.15, 0.2) is 0 Å². The molecule has 0 aromatic rings. The molecular formula is C21H37NO16. The van der Waals surface area contributed by atoms with Gasteiger partial charge in [-0.25, -0.2) is 0 Å². The van der Waals surface area contributed by atoms with Gasteiger partial charge in [-0.1, -0.05) is 0 Å². The first-order chi connectivity index (χ1) is 17.9. The molecule has 15 atom stereocenters. The lowest BCUT2D eigenvalue weighted by Gasteiger charge is -2.47. The SMILES string of the molecule is COC[C@H]1O[C@H](OC[C@H]2OC(O)[C@H](O)[C@@H](O)[C@@H]2O)[C@@H](O[C@@H]2O[C@H](CO)[C@@H](O)[C@H](O)[C@H]2NC(C)=O)[C@@H](O)[C@@H]1O. The summed E-state index contributed by atoms with van der Waals surface area (Å²) in [7, 11) is 1.32. The van der Waals surface area contributed by atoms with E-state index in [1.165, 1.54) is 7.11 Å². The van der Waals surface area contributed by atoms with Crippen molar-refractivity contribution in [1.29, 1.82) is 0 Å². The lowest BCUT2D eigenvalue weighted by Crippen LogP contribution is -2.67. The van der Waals surface area contributed by atoms with E-state index < -0.39 is 111 Å². The van der Waals surface area contributed by atoms with Crippen molar-refractivity contribution in [3.63, 3.8) is 0 Å². The van der Waals surface area contributed by atoms with Gasteiger partial charge in [0.1, 0.15) is 73.2 Å². The average Bonchev–Trinajstić information content (AvgIpc) is 2.88. The van der Waals surface area contributed by atoms with Crippen LogP contribution in [0.1, 0.15) is 6.92 Å². The zero-order valence-corrected chi connectivity index (χ0v) is 20.7. The van der Waals surface area contributed by atoms with Gasteiger partial charge in [-0.2, -0.15) is 0 Å². The number of aliphatic hydroxyl groups excluding tert-OH is 9. The Morgan fingerprint density at radius 3 is 1.92 bits per heavy atom. The van der Waals surface area contributed by atoms with E-state index >= 15 is 0 Å². The molecule has 0 radical (unpaired) electrons. The molecule has 3 aliphatic rings. The molecule has 0 bridgehead atoms. The number of hydrogen-bond acceptors (Lipinski definition) is 16. The first-order valence-electron chi connectivity index (χ1n) is 12.0. The highest BCUT2D eigenvalue weighted by Gasteiger charge is 2.52. The van der Waals surface area contributed by atoms with E-state index in [1.807, 2.05) is 0 Å². The molecule has 38 heavy (non-hydrogen) atoms. The standard InChI is InChI=1S/C21H37NO16/c1-6(24)22-10-14(28)11(25)7(3-23)36-20(10)38-18-16(30)13(27)8(4-33-2)37-21(18)34-5-9-12(26)15(29)17(31)19(32)35-9/h7-21,23,25-32H,3-5H2,1-2H3,(H,22,24)/t7-,8-,9-,10-,11-,12-,13-,14-,15+,16+,17-,18+,19?,20+,21+/m1/s1. The fourth-order valence-corrected chi connectivity index (χ4v) is 4.49. The molecule has 3 aliphatic heterocycles. The summed E-state index contributed by atoms with van der Waals surface area (Å²) in [5.41, 5.74) is 0. The Bertz CT molecular complexity index is 763. The Morgan fingerprint density at radius 1 is 0.737 bits per heavy atom. The number of carbonyl (C=O) groups excluding carboxylic acids is 1. The Morgan fingerprint density at radius 2 is 1.32 bits per heavy atom. The van der Waals surface area contributed by atoms with Crippen molar-refractivity contribution in [3.05, 3.63) is 0 Å². The Labute approximate surface area is 217 Å². The van der Waals surface area contributed by atoms with Gasteiger partial charge in [-0.3, -0.25) is 4.79 Å². The van der Waals surface area contributed by atoms with Crippen molar-refractivity contribution in [2.45, 2.75) is 99.0 Å². The zero-order chi connectivity index (χ0) is 28.3. The van der Waals surface area contributed by atoms with Crippen molar-refractivity contribution in [1.82, 2.24) is 5.32 Å². The molecule has 3 rings (SSSR count). The molecule has 3 heterocycles. The molecule has 17 nitrogen and oxygen atoms in total. The summed E-state index contributed by atoms with van der Waals surface area (Å²) >= 11 is 0. The third-order valence-electron chi connectivity index (χ3n) is 6.63. The van der Waals surface area contributed by atoms with Crippen LogP contribution in [0, 0.1) is 0 Å². The van der Waals surface area contributed by atoms with E-state index in [9.17, 15) is 50.8 Å². The lowest BCUT2D eigenvalue weighted by molar-refractivity contribution is -0.362. The second-order valence-corrected chi connectivity index (χ2v) is 9.38. The van der Waals surface area contributed by atoms with Crippen LogP contribution in [-0.4, -0.2) is 171 Å². The highest BCUT2D eigenvalue weighted by atomic mass is 16.8. The molecule has 1 amide bonds. The van der Waals surface area contributed by atoms with Crippen LogP contribution in [0.5, 0.6) is 0 Å². The number of methoxy groups -OCH3 is 1. The van der Waals surface area contributed by atoms with Crippen molar-refractivity contribution in [2.75, 3.05) is 26.9 Å². The van der Waals surface area contributed by atoms with Gasteiger partial charge in [0.15, 0.2) is 18.9 Å². The van der Waals surface area contributed by atoms with Gasteiger partial charge < -0.3 is 79.7 Å². The van der Waals surface area contributed by atoms with E-state index in [-0.39, 0.29) is 6.61 Å². The van der Waals surface area contributed by atoms with E-state index in [0.29, 0.717) is 0 Å². The number of nitrogens with one attached hydrogen (secondary N) is 1. The minimum absolute atomic E-state index is 0.192. The summed E-state index contributed by atoms with van der Waals surface area (Å²) in [6.07, 6.45) is -22.2. The molecule has 0 aromatic carbocycles. The summed E-state index contributed by atoms with van der Waals surface area (Å²) in [6.45, 7) is -0.368. The number of carbonyl (C=O) groups is 1. The molecular weight excluding hydrogens is 522 g/mol. The molecule has 0 saturated carbocycles. The fourth-order valence-electron chi connectivity index (χ4n) is 4.49. The number of hydrogen-bond donors (Lipinski definition) is 10. The lowest BCUT2D eigenvalue weighted by atomic mass is 9.95. The van der Waals surface area contributed by atoms with Crippen LogP contribution in [0.4, 0.5) is 0 Å². The second-order valence-electron chi connectivity index (χ2n) is 9.38. The summed E-state index contributed by atoms with van der Waals surface area (Å²) in [5.74, 6) is -0.628. The van der Waals surface area contributed by atoms with Gasteiger partial charge >= 0.3 is 0 Å². The smallest absolute Gasteiger partial charge is 0.217 e. The monoisotopic (exact) mass is 559 g/mol. The molecule has 222 valence electrons. The largest absolute Gasteiger partial charge is 0.394 e. The first kappa shape index (κ1) is 31.4. The molecule has 0 aliphatic carbocycles. The Balaban J connectivity index is 1.82. The van der Waals surface area contributed by atoms with E-state index in [0.717, 1.165) is 6.92 Å². The second kappa shape index (κ2) is 13.5. The van der Waals surface area contributed by atoms with Gasteiger partial charge in [0.05, 0.1) is 19.8 Å². The van der Waals surface area contributed by atoms with Gasteiger partial charge in [-0.05, 0) is 0 Å². The van der Waals surface area contributed by atoms with Gasteiger partial charge in [0.25, 0.3) is 0 Å². The van der Waals surface area contributed by atoms with Crippen molar-refractivity contribution >= 4 is 5.91 Å². The van der Waals surface area contributed by atoms with Crippen LogP contribution in [0.2, 0.25) is 0 Å². The van der Waals surface area contributed by atoms with E-state index in [1.54, 1.807) is 0 Å². The first-order valence-corrected chi connectivity index (χ1v) is 12.0. The summed E-state index contributed by atoms with van der Waals surface area (Å²) < 4.78 is 32.7. The number of rotatable bonds is 9. The fraction of sp³-hybridized carbons (Fsp3) is 0.952. The number of amides is 1. The zero-order valence-electron chi connectivity index (χ0n) is 20.7. The molecule has 0 spiro atoms. The number of aliphatic hydroxyl groups is 9. The predicted molar refractivity (Wildman–Crippen MR) is 118 cm³/mol. The van der Waals surface area contributed by atoms with Crippen molar-refractivity contribution < 1.29 is 79.2 Å². The van der Waals surface area contributed by atoms with Crippen LogP contribution in [0.3, 0.4) is 0 Å². The van der Waals surface area contributed by atoms with E-state index in [4.69, 9.17) is 28.4 Å². The van der Waals surface area contributed by atoms with E-state index in [2.05, 4.69) is 5.32 Å². The summed E-state index contributed by atoms with van der Waals surface area (Å²) in [5, 5.41) is 93.6. The molecule has 3 fully saturated rings. The highest BCUT2D eigenvalue weighted by Crippen LogP contribution is 2.31. The Hall–Kier alpha value is -1.13. The third-order valence-corrected chi connectivity index (χ3v) is 6.63. The predicted octanol–water partition coefficient (Wildman–Crippen LogP) is -6.78. The maximum Gasteiger partial charge on any atom is 0.217 e. The average molecular weight is 560 g/mol. The van der Waals surface area contributed by atoms with Crippen LogP contribution >= 0.6 is 0 Å². The van der Waals surface area contributed by atoms with Gasteiger partial charge in [0, 0.05) is 14.0 Å². The normalized spacial score (nSPS) is 48.0. The minimum atomic E-state index is -1.84. The Kier molecular flexibility index (Phi) is 11.1. The summed E-state index contributed by atoms with van der Waals surface area (Å²) in [4.78, 5) is 11.7. The number of ether oxygens (including phenoxy) is 6. The maximum atomic E-state index is 11.7. The topological polar surface area (TPSA) is 267 Å². The molecule has 10 N–H and O–H groups in total. The van der Waals surface area contributed by atoms with Gasteiger partial charge in [0.2, 0.25) is 5.91 Å². The van der Waals surface area contributed by atoms with Crippen LogP contribution < -0.4 is 5.32 Å². The molecule has 0 aromatic heterocycles. The third kappa shape index (κ3) is 6.77. The molecule has 17 heteroatoms. The maximum absolute atomic E-state index is 11.7. The quantitative estimate of drug-likeness (QED) is 0.126.